The first kappa shape index (κ1) is 32.8. The molecule has 2 atom stereocenters. The van der Waals surface area contributed by atoms with Crippen LogP contribution < -0.4 is 28.7 Å². The Morgan fingerprint density at radius 2 is 1.06 bits per heavy atom. The molecule has 0 saturated heterocycles. The van der Waals surface area contributed by atoms with E-state index in [1.54, 1.807) is 0 Å². The fourth-order valence-electron chi connectivity index (χ4n) is 7.27. The molecule has 5 heteroatoms. The summed E-state index contributed by atoms with van der Waals surface area (Å²) in [7, 11) is 0. The molecule has 0 radical (unpaired) electrons. The van der Waals surface area contributed by atoms with Gasteiger partial charge in [-0.05, 0) is 138 Å². The predicted molar refractivity (Wildman–Crippen MR) is 155 cm³/mol. The summed E-state index contributed by atoms with van der Waals surface area (Å²) in [5, 5.41) is 0. The van der Waals surface area contributed by atoms with Crippen LogP contribution in [0.3, 0.4) is 0 Å². The average molecular weight is 496 g/mol. The highest BCUT2D eigenvalue weighted by Gasteiger charge is 2.38. The van der Waals surface area contributed by atoms with Crippen molar-refractivity contribution in [2.24, 2.45) is 57.3 Å². The van der Waals surface area contributed by atoms with Crippen LogP contribution in [0.4, 0.5) is 0 Å². The van der Waals surface area contributed by atoms with Crippen molar-refractivity contribution >= 4 is 0 Å². The second kappa shape index (κ2) is 17.3. The Morgan fingerprint density at radius 3 is 1.40 bits per heavy atom. The fraction of sp³-hybridized carbons (Fsp3) is 1.00. The molecule has 0 spiro atoms. The zero-order chi connectivity index (χ0) is 26.3. The van der Waals surface area contributed by atoms with Crippen LogP contribution in [0.2, 0.25) is 0 Å². The Morgan fingerprint density at radius 1 is 0.629 bits per heavy atom. The van der Waals surface area contributed by atoms with Crippen LogP contribution >= 0.6 is 0 Å². The summed E-state index contributed by atoms with van der Waals surface area (Å²) in [6.07, 6.45) is 20.8. The molecule has 3 aliphatic rings. The van der Waals surface area contributed by atoms with Gasteiger partial charge in [0.15, 0.2) is 0 Å². The highest BCUT2D eigenvalue weighted by Crippen LogP contribution is 2.47. The lowest BCUT2D eigenvalue weighted by Gasteiger charge is -2.45. The molecule has 0 aromatic carbocycles. The third-order valence-corrected chi connectivity index (χ3v) is 8.75. The lowest BCUT2D eigenvalue weighted by molar-refractivity contribution is 0.0676. The topological polar surface area (TPSA) is 130 Å². The molecule has 3 aliphatic carbocycles. The summed E-state index contributed by atoms with van der Waals surface area (Å²) in [6, 6.07) is 1.00. The summed E-state index contributed by atoms with van der Waals surface area (Å²) >= 11 is 0. The minimum atomic E-state index is 0.404. The minimum Gasteiger partial charge on any atom is -0.330 e. The van der Waals surface area contributed by atoms with Gasteiger partial charge in [-0.15, -0.1) is 0 Å². The summed E-state index contributed by atoms with van der Waals surface area (Å²) in [5.74, 6) is 2.80. The molecule has 0 aromatic heterocycles. The first-order chi connectivity index (χ1) is 16.5. The van der Waals surface area contributed by atoms with Gasteiger partial charge in [0.2, 0.25) is 0 Å². The number of hydrogen-bond donors (Lipinski definition) is 5. The molecular formula is C30H65N5. The molecular weight excluding hydrogens is 430 g/mol. The van der Waals surface area contributed by atoms with Gasteiger partial charge in [-0.3, -0.25) is 0 Å². The summed E-state index contributed by atoms with van der Waals surface area (Å²) in [4.78, 5) is 0. The van der Waals surface area contributed by atoms with Crippen molar-refractivity contribution in [3.63, 3.8) is 0 Å². The van der Waals surface area contributed by atoms with Crippen LogP contribution in [0, 0.1) is 28.6 Å². The van der Waals surface area contributed by atoms with E-state index in [-0.39, 0.29) is 0 Å². The number of hydrogen-bond acceptors (Lipinski definition) is 5. The summed E-state index contributed by atoms with van der Waals surface area (Å²) in [6.45, 7) is 11.9. The van der Waals surface area contributed by atoms with Gasteiger partial charge >= 0.3 is 0 Å². The first-order valence-corrected chi connectivity index (χ1v) is 15.1. The Hall–Kier alpha value is -0.200. The standard InChI is InChI=1S/C13H26N2.C11H23N.C6H16N2/c14-12-5-1-10(2-6-12)9-11-3-7-13(15)8-4-11;1-9-5-10(2,3)7-11(4,6-9)8-12;7-5-3-1-2-4-6-8/h10-13H,1-9,14-15H2;9H,5-8,12H2,1-4H3;1-8H2. The first-order valence-electron chi connectivity index (χ1n) is 15.1. The van der Waals surface area contributed by atoms with Crippen LogP contribution in [0.25, 0.3) is 0 Å². The van der Waals surface area contributed by atoms with Crippen molar-refractivity contribution in [3.05, 3.63) is 0 Å². The SMILES string of the molecule is CC1CC(C)(C)CC(C)(CN)C1.NC1CCC(CC2CCC(N)CC2)CC1.NCCCCCCN. The van der Waals surface area contributed by atoms with E-state index >= 15 is 0 Å². The fourth-order valence-corrected chi connectivity index (χ4v) is 7.27. The van der Waals surface area contributed by atoms with E-state index in [1.807, 2.05) is 0 Å². The van der Waals surface area contributed by atoms with Gasteiger partial charge in [0.1, 0.15) is 0 Å². The van der Waals surface area contributed by atoms with Gasteiger partial charge in [0.05, 0.1) is 0 Å². The quantitative estimate of drug-likeness (QED) is 0.277. The third-order valence-electron chi connectivity index (χ3n) is 8.75. The van der Waals surface area contributed by atoms with Crippen LogP contribution in [-0.4, -0.2) is 31.7 Å². The largest absolute Gasteiger partial charge is 0.330 e. The predicted octanol–water partition coefficient (Wildman–Crippen LogP) is 5.67. The van der Waals surface area contributed by atoms with Crippen molar-refractivity contribution in [3.8, 4) is 0 Å². The molecule has 0 aromatic rings. The van der Waals surface area contributed by atoms with Gasteiger partial charge in [-0.2, -0.15) is 0 Å². The van der Waals surface area contributed by atoms with Gasteiger partial charge < -0.3 is 28.7 Å². The zero-order valence-electron chi connectivity index (χ0n) is 24.2. The minimum absolute atomic E-state index is 0.404. The zero-order valence-corrected chi connectivity index (χ0v) is 24.2. The maximum atomic E-state index is 5.93. The number of rotatable bonds is 8. The molecule has 0 heterocycles. The van der Waals surface area contributed by atoms with E-state index in [0.717, 1.165) is 50.2 Å². The summed E-state index contributed by atoms with van der Waals surface area (Å²) in [5.41, 5.74) is 29.2. The highest BCUT2D eigenvalue weighted by atomic mass is 14.6. The van der Waals surface area contributed by atoms with Crippen molar-refractivity contribution in [2.45, 2.75) is 143 Å². The van der Waals surface area contributed by atoms with Crippen LogP contribution in [-0.2, 0) is 0 Å². The Balaban J connectivity index is 0.000000277. The van der Waals surface area contributed by atoms with Crippen LogP contribution in [0.5, 0.6) is 0 Å². The normalized spacial score (nSPS) is 34.7. The van der Waals surface area contributed by atoms with Crippen molar-refractivity contribution < 1.29 is 0 Å². The molecule has 35 heavy (non-hydrogen) atoms. The lowest BCUT2D eigenvalue weighted by Crippen LogP contribution is -2.39. The summed E-state index contributed by atoms with van der Waals surface area (Å²) < 4.78 is 0. The third kappa shape index (κ3) is 15.0. The Bertz CT molecular complexity index is 483. The van der Waals surface area contributed by atoms with Gasteiger partial charge in [0, 0.05) is 12.1 Å². The molecule has 2 unspecified atom stereocenters. The number of nitrogens with two attached hydrogens (primary N) is 5. The molecule has 3 rings (SSSR count). The molecule has 0 bridgehead atoms. The van der Waals surface area contributed by atoms with Crippen LogP contribution in [0.1, 0.15) is 130 Å². The highest BCUT2D eigenvalue weighted by molar-refractivity contribution is 4.90. The van der Waals surface area contributed by atoms with E-state index in [9.17, 15) is 0 Å². The second-order valence-corrected chi connectivity index (χ2v) is 13.7. The van der Waals surface area contributed by atoms with Crippen LogP contribution in [0.15, 0.2) is 0 Å². The van der Waals surface area contributed by atoms with E-state index in [4.69, 9.17) is 28.7 Å². The second-order valence-electron chi connectivity index (χ2n) is 13.7. The molecule has 210 valence electrons. The maximum Gasteiger partial charge on any atom is 0.00390 e. The Kier molecular flexibility index (Phi) is 16.3. The molecule has 10 N–H and O–H groups in total. The van der Waals surface area contributed by atoms with Crippen molar-refractivity contribution in [1.82, 2.24) is 0 Å². The van der Waals surface area contributed by atoms with Gasteiger partial charge in [-0.25, -0.2) is 0 Å². The molecule has 3 saturated carbocycles. The molecule has 0 amide bonds. The monoisotopic (exact) mass is 496 g/mol. The van der Waals surface area contributed by atoms with E-state index in [0.29, 0.717) is 22.9 Å². The van der Waals surface area contributed by atoms with Gasteiger partial charge in [-0.1, -0.05) is 40.5 Å². The van der Waals surface area contributed by atoms with E-state index in [2.05, 4.69) is 27.7 Å². The molecule has 3 fully saturated rings. The lowest BCUT2D eigenvalue weighted by atomic mass is 9.61. The molecule has 5 nitrogen and oxygen atoms in total. The average Bonchev–Trinajstić information content (AvgIpc) is 2.79. The number of unbranched alkanes of at least 4 members (excludes halogenated alkanes) is 3. The van der Waals surface area contributed by atoms with Crippen molar-refractivity contribution in [2.75, 3.05) is 19.6 Å². The molecule has 0 aliphatic heterocycles. The van der Waals surface area contributed by atoms with E-state index in [1.165, 1.54) is 89.9 Å². The van der Waals surface area contributed by atoms with Gasteiger partial charge in [0.25, 0.3) is 0 Å². The maximum absolute atomic E-state index is 5.93. The Labute approximate surface area is 219 Å². The smallest absolute Gasteiger partial charge is 0.00390 e. The van der Waals surface area contributed by atoms with Crippen molar-refractivity contribution in [1.29, 1.82) is 0 Å². The van der Waals surface area contributed by atoms with E-state index < -0.39 is 0 Å².